The van der Waals surface area contributed by atoms with Crippen molar-refractivity contribution in [2.24, 2.45) is 0 Å². The number of thiophene rings is 3. The van der Waals surface area contributed by atoms with Crippen LogP contribution in [0.4, 0.5) is 0 Å². The Morgan fingerprint density at radius 2 is 0.426 bits per heavy atom. The number of fused-ring (bicyclic) bond motifs is 33. The molecule has 634 valence electrons. The van der Waals surface area contributed by atoms with Crippen LogP contribution in [-0.2, 0) is 0 Å². The third kappa shape index (κ3) is 11.2. The summed E-state index contributed by atoms with van der Waals surface area (Å²) in [4.78, 5) is 29.8. The van der Waals surface area contributed by atoms with Gasteiger partial charge in [0.15, 0.2) is 17.5 Å². The smallest absolute Gasteiger partial charge is 0.159 e. The van der Waals surface area contributed by atoms with Gasteiger partial charge in [0, 0.05) is 128 Å². The molecule has 0 N–H and O–H groups in total. The second-order valence-electron chi connectivity index (χ2n) is 34.8. The van der Waals surface area contributed by atoms with Crippen LogP contribution >= 0.6 is 34.0 Å². The van der Waals surface area contributed by atoms with Crippen molar-refractivity contribution in [3.8, 4) is 51.3 Å². The summed E-state index contributed by atoms with van der Waals surface area (Å²) < 4.78 is 23.5. The minimum atomic E-state index is 0.902. The van der Waals surface area contributed by atoms with Gasteiger partial charge in [-0.3, -0.25) is 13.7 Å². The van der Waals surface area contributed by atoms with Gasteiger partial charge in [-0.15, -0.1) is 34.0 Å². The first-order valence-electron chi connectivity index (χ1n) is 45.6. The van der Waals surface area contributed by atoms with Crippen molar-refractivity contribution in [3.05, 3.63) is 431 Å². The number of benzene rings is 18. The molecule has 0 aliphatic heterocycles. The summed E-state index contributed by atoms with van der Waals surface area (Å²) in [5.74, 6) is 2.76. The number of rotatable bonds is 8. The van der Waals surface area contributed by atoms with E-state index in [1.165, 1.54) is 139 Å². The zero-order valence-corrected chi connectivity index (χ0v) is 75.0. The molecule has 0 radical (unpaired) electrons. The standard InChI is InChI=1S/C46H27N5S.C40H24N4S.C34H20N4S/c1-3-15-28(16-4-1)49-37-26-14-10-22-33(37)39-42(49)38-32-21-9-13-25-36(32)50(29-17-5-2-6-18-29)43(38)40-41-45(52-44(39)40)46(48-27-47-41)51-34-23-11-7-19-30(34)31-20-8-12-24-35(31)51;1-2-10-25(11-3-1)26-18-20-27(21-19-26)43-33-15-7-6-14-30(33)31-23-37-32(22-36(31)43)38-39(45-37)40(42-24-41-38)44-34-16-8-4-12-28(34)29-13-5-9-17-35(29)44;1-2-10-21(11-3-1)37-27-15-7-6-14-24(27)25-19-31-26(18-30(25)37)32-33(39-31)34(36-20-35-32)38-28-16-8-4-12-22(28)23-13-5-9-17-29(23)38/h1-27H;1-24H;1-20H. The van der Waals surface area contributed by atoms with E-state index in [2.05, 4.69) is 444 Å². The van der Waals surface area contributed by atoms with Gasteiger partial charge in [-0.2, -0.15) is 0 Å². The van der Waals surface area contributed by atoms with Gasteiger partial charge in [-0.1, -0.05) is 279 Å². The first-order valence-corrected chi connectivity index (χ1v) is 48.1. The molecule has 0 saturated heterocycles. The minimum Gasteiger partial charge on any atom is -0.309 e. The fourth-order valence-electron chi connectivity index (χ4n) is 22.0. The van der Waals surface area contributed by atoms with Gasteiger partial charge in [0.2, 0.25) is 0 Å². The van der Waals surface area contributed by atoms with E-state index in [-0.39, 0.29) is 0 Å². The van der Waals surface area contributed by atoms with Crippen molar-refractivity contribution in [2.45, 2.75) is 0 Å². The molecule has 31 aromatic rings. The van der Waals surface area contributed by atoms with Gasteiger partial charge in [0.05, 0.1) is 108 Å². The predicted molar refractivity (Wildman–Crippen MR) is 571 cm³/mol. The van der Waals surface area contributed by atoms with Gasteiger partial charge in [-0.25, -0.2) is 29.9 Å². The van der Waals surface area contributed by atoms with E-state index in [1.807, 2.05) is 11.3 Å². The Morgan fingerprint density at radius 1 is 0.162 bits per heavy atom. The summed E-state index contributed by atoms with van der Waals surface area (Å²) in [7, 11) is 0. The lowest BCUT2D eigenvalue weighted by Crippen LogP contribution is -1.98. The molecule has 16 heteroatoms. The van der Waals surface area contributed by atoms with Gasteiger partial charge in [-0.05, 0) is 145 Å². The van der Waals surface area contributed by atoms with Crippen LogP contribution in [-0.4, -0.2) is 61.9 Å². The Hall–Kier alpha value is -17.5. The van der Waals surface area contributed by atoms with Gasteiger partial charge in [0.1, 0.15) is 19.0 Å². The second-order valence-corrected chi connectivity index (χ2v) is 37.9. The van der Waals surface area contributed by atoms with Gasteiger partial charge >= 0.3 is 0 Å². The van der Waals surface area contributed by atoms with Crippen molar-refractivity contribution in [1.29, 1.82) is 0 Å². The average Bonchev–Trinajstić information content (AvgIpc) is 1.50. The molecular weight excluding hydrogens is 1720 g/mol. The van der Waals surface area contributed by atoms with Crippen LogP contribution in [0.2, 0.25) is 0 Å². The minimum absolute atomic E-state index is 0.902. The zero-order valence-electron chi connectivity index (χ0n) is 72.5. The van der Waals surface area contributed by atoms with E-state index >= 15 is 0 Å². The largest absolute Gasteiger partial charge is 0.309 e. The maximum atomic E-state index is 5.17. The fourth-order valence-corrected chi connectivity index (χ4v) is 25.6. The predicted octanol–water partition coefficient (Wildman–Crippen LogP) is 31.9. The molecule has 18 aromatic carbocycles. The Kier molecular flexibility index (Phi) is 16.8. The molecular formula is C120H71N13S3. The molecule has 0 amide bonds. The molecule has 0 fully saturated rings. The summed E-state index contributed by atoms with van der Waals surface area (Å²) >= 11 is 5.37. The van der Waals surface area contributed by atoms with E-state index in [4.69, 9.17) is 29.9 Å². The summed E-state index contributed by atoms with van der Waals surface area (Å²) in [5, 5.41) is 20.7. The molecule has 13 nitrogen and oxygen atoms in total. The molecule has 13 heterocycles. The summed E-state index contributed by atoms with van der Waals surface area (Å²) in [6.45, 7) is 0. The lowest BCUT2D eigenvalue weighted by molar-refractivity contribution is 1.08. The van der Waals surface area contributed by atoms with E-state index in [0.717, 1.165) is 126 Å². The second kappa shape index (κ2) is 30.0. The van der Waals surface area contributed by atoms with Gasteiger partial charge in [0.25, 0.3) is 0 Å². The van der Waals surface area contributed by atoms with Crippen LogP contribution in [0.25, 0.3) is 265 Å². The molecule has 136 heavy (non-hydrogen) atoms. The van der Waals surface area contributed by atoms with Crippen molar-refractivity contribution in [1.82, 2.24) is 61.9 Å². The first kappa shape index (κ1) is 76.2. The Morgan fingerprint density at radius 3 is 0.794 bits per heavy atom. The van der Waals surface area contributed by atoms with Crippen molar-refractivity contribution in [3.63, 3.8) is 0 Å². The fraction of sp³-hybridized carbons (Fsp3) is 0. The van der Waals surface area contributed by atoms with Gasteiger partial charge < -0.3 is 18.3 Å². The molecule has 0 atom stereocenters. The lowest BCUT2D eigenvalue weighted by atomic mass is 10.0. The van der Waals surface area contributed by atoms with E-state index in [1.54, 1.807) is 41.7 Å². The van der Waals surface area contributed by atoms with E-state index < -0.39 is 0 Å². The van der Waals surface area contributed by atoms with Crippen molar-refractivity contribution < 1.29 is 0 Å². The Labute approximate surface area is 786 Å². The molecule has 0 unspecified atom stereocenters. The molecule has 0 bridgehead atoms. The third-order valence-electron chi connectivity index (χ3n) is 27.6. The summed E-state index contributed by atoms with van der Waals surface area (Å²) in [5.41, 5.74) is 26.3. The van der Waals surface area contributed by atoms with Crippen molar-refractivity contribution in [2.75, 3.05) is 0 Å². The number of para-hydroxylation sites is 13. The summed E-state index contributed by atoms with van der Waals surface area (Å²) in [6, 6.07) is 148. The van der Waals surface area contributed by atoms with Crippen molar-refractivity contribution >= 4 is 248 Å². The molecule has 0 saturated carbocycles. The maximum Gasteiger partial charge on any atom is 0.159 e. The van der Waals surface area contributed by atoms with Crippen LogP contribution < -0.4 is 0 Å². The van der Waals surface area contributed by atoms with Crippen LogP contribution in [0.1, 0.15) is 0 Å². The molecule has 0 spiro atoms. The van der Waals surface area contributed by atoms with Crippen LogP contribution in [0, 0.1) is 0 Å². The highest BCUT2D eigenvalue weighted by Crippen LogP contribution is 2.54. The highest BCUT2D eigenvalue weighted by molar-refractivity contribution is 7.27. The van der Waals surface area contributed by atoms with E-state index in [9.17, 15) is 0 Å². The highest BCUT2D eigenvalue weighted by atomic mass is 32.1. The average molecular weight is 1790 g/mol. The number of nitrogens with zero attached hydrogens (tertiary/aromatic N) is 13. The monoisotopic (exact) mass is 1790 g/mol. The highest BCUT2D eigenvalue weighted by Gasteiger charge is 2.31. The quantitative estimate of drug-likeness (QED) is 0.150. The molecule has 13 aromatic heterocycles. The Balaban J connectivity index is 0.0000000999. The molecule has 0 aliphatic carbocycles. The topological polar surface area (TPSA) is 112 Å². The van der Waals surface area contributed by atoms with E-state index in [0.29, 0.717) is 0 Å². The number of hydrogen-bond donors (Lipinski definition) is 0. The first-order chi connectivity index (χ1) is 67.6. The third-order valence-corrected chi connectivity index (χ3v) is 31.1. The SMILES string of the molecule is c1ccc(-c2ccc(-n3c4ccccc4c4cc5sc6c(-n7c8ccccc8c8ccccc87)ncnc6c5cc43)cc2)cc1.c1ccc(-n2c3ccccc3c3c4sc5c(-n6c7ccccc7c7ccccc76)ncnc5c4c4c(c5ccccc5n4-c4ccccc4)c32)cc1.c1ccc(-n2c3ccccc3c3cc4sc5c(-n6c7ccccc7c7ccccc76)ncnc5c4cc32)cc1. The lowest BCUT2D eigenvalue weighted by Gasteiger charge is -2.11. The normalized spacial score (nSPS) is 12.1. The molecule has 31 rings (SSSR count). The summed E-state index contributed by atoms with van der Waals surface area (Å²) in [6.07, 6.45) is 5.19. The zero-order chi connectivity index (χ0) is 88.9. The van der Waals surface area contributed by atoms with Crippen LogP contribution in [0.15, 0.2) is 431 Å². The Bertz CT molecular complexity index is 10200. The molecule has 0 aliphatic rings. The van der Waals surface area contributed by atoms with Crippen LogP contribution in [0.3, 0.4) is 0 Å². The number of hydrogen-bond acceptors (Lipinski definition) is 9. The maximum absolute atomic E-state index is 5.17. The van der Waals surface area contributed by atoms with Crippen LogP contribution in [0.5, 0.6) is 0 Å². The number of aromatic nitrogens is 13.